The van der Waals surface area contributed by atoms with Crippen molar-refractivity contribution in [3.8, 4) is 28.4 Å². The van der Waals surface area contributed by atoms with E-state index < -0.39 is 5.41 Å². The fraction of sp³-hybridized carbons (Fsp3) is 0.343. The van der Waals surface area contributed by atoms with E-state index in [0.29, 0.717) is 11.5 Å². The molecular formula is C67H75N4OPt-3. The zero-order valence-corrected chi connectivity index (χ0v) is 48.6. The number of anilines is 2. The minimum absolute atomic E-state index is 0. The normalized spacial score (nSPS) is 14.1. The van der Waals surface area contributed by atoms with Crippen molar-refractivity contribution >= 4 is 33.2 Å². The van der Waals surface area contributed by atoms with E-state index in [-0.39, 0.29) is 48.1 Å². The first kappa shape index (κ1) is 53.4. The van der Waals surface area contributed by atoms with Crippen molar-refractivity contribution in [1.82, 2.24) is 9.55 Å². The monoisotopic (exact) mass is 1150 g/mol. The van der Waals surface area contributed by atoms with E-state index in [1.807, 2.05) is 6.20 Å². The van der Waals surface area contributed by atoms with Crippen LogP contribution in [0.15, 0.2) is 151 Å². The van der Waals surface area contributed by atoms with Crippen molar-refractivity contribution in [2.24, 2.45) is 10.8 Å². The van der Waals surface area contributed by atoms with Crippen LogP contribution in [-0.4, -0.2) is 9.55 Å². The minimum Gasteiger partial charge on any atom is -0.509 e. The summed E-state index contributed by atoms with van der Waals surface area (Å²) in [6.45, 7) is 41.4. The Kier molecular flexibility index (Phi) is 14.0. The summed E-state index contributed by atoms with van der Waals surface area (Å²) >= 11 is 0. The molecule has 0 unspecified atom stereocenters. The summed E-state index contributed by atoms with van der Waals surface area (Å²) < 4.78 is 9.56. The molecule has 8 aromatic rings. The largest absolute Gasteiger partial charge is 0.509 e. The fourth-order valence-electron chi connectivity index (χ4n) is 10.3. The molecule has 0 atom stereocenters. The molecule has 5 nitrogen and oxygen atoms in total. The SMILES string of the molecule is CC(C)(C)C1=C(C(C)(C)C)N(c2cc(-c3ccccc3)cc(C(C)(C)C)c2)[CH-]N1c1[c-]c(Oc2[c-]c3c(c(C(C)(C)C)c2)c2ccccc2n3-c2cc(C(C)(C)C)ccn2)cc(C(C)(C)c2ccccc2)c1.[Pt]. The molecular weight excluding hydrogens is 1070 g/mol. The van der Waals surface area contributed by atoms with Crippen molar-refractivity contribution in [3.63, 3.8) is 0 Å². The fourth-order valence-corrected chi connectivity index (χ4v) is 10.3. The van der Waals surface area contributed by atoms with Gasteiger partial charge in [0.2, 0.25) is 0 Å². The summed E-state index contributed by atoms with van der Waals surface area (Å²) in [5, 5.41) is 2.32. The van der Waals surface area contributed by atoms with Gasteiger partial charge in [-0.15, -0.1) is 53.8 Å². The van der Waals surface area contributed by atoms with Gasteiger partial charge in [0, 0.05) is 72.2 Å². The number of hydrogen-bond acceptors (Lipinski definition) is 4. The maximum Gasteiger partial charge on any atom is 0.135 e. The second-order valence-electron chi connectivity index (χ2n) is 25.7. The molecule has 0 saturated carbocycles. The number of aromatic nitrogens is 2. The molecule has 6 aromatic carbocycles. The molecule has 0 N–H and O–H groups in total. The zero-order valence-electron chi connectivity index (χ0n) is 46.4. The van der Waals surface area contributed by atoms with Crippen molar-refractivity contribution in [3.05, 3.63) is 198 Å². The number of pyridine rings is 1. The predicted molar refractivity (Wildman–Crippen MR) is 305 cm³/mol. The van der Waals surface area contributed by atoms with Gasteiger partial charge in [0.15, 0.2) is 0 Å². The molecule has 382 valence electrons. The molecule has 0 amide bonds. The molecule has 3 heterocycles. The molecule has 1 aliphatic rings. The van der Waals surface area contributed by atoms with Crippen LogP contribution in [-0.2, 0) is 42.7 Å². The predicted octanol–water partition coefficient (Wildman–Crippen LogP) is 18.2. The standard InChI is InChI=1S/C67H75N4O.Pt/c1-62(2,3)47-32-33-68-58(39-47)71-56-31-25-24-30-54(56)59-55(64(7,8)9)41-53(42-57(59)71)72-52-38-49(67(16,17)46-28-22-19-23-29-46)37-51(40-52)70-43-69(60(65(10,11)12)61(70)66(13,14)15)50-35-45(44-26-20-18-21-27-44)34-48(36-50)63(4,5)6;/h18-39,41,43H,1-17H3;/q-3;. The average Bonchev–Trinajstić information content (AvgIpc) is 3.89. The number of ether oxygens (including phenoxy) is 1. The van der Waals surface area contributed by atoms with Crippen LogP contribution in [0.4, 0.5) is 11.4 Å². The third-order valence-electron chi connectivity index (χ3n) is 14.4. The van der Waals surface area contributed by atoms with E-state index in [2.05, 4.69) is 284 Å². The Morgan fingerprint density at radius 3 is 1.68 bits per heavy atom. The number of rotatable bonds is 8. The minimum atomic E-state index is -0.396. The summed E-state index contributed by atoms with van der Waals surface area (Å²) in [6, 6.07) is 56.2. The number of fused-ring (bicyclic) bond motifs is 3. The van der Waals surface area contributed by atoms with Gasteiger partial charge >= 0.3 is 0 Å². The van der Waals surface area contributed by atoms with Crippen molar-refractivity contribution < 1.29 is 25.8 Å². The molecule has 73 heavy (non-hydrogen) atoms. The number of hydrogen-bond donors (Lipinski definition) is 0. The summed E-state index contributed by atoms with van der Waals surface area (Å²) in [4.78, 5) is 9.86. The number of nitrogens with zero attached hydrogens (tertiary/aromatic N) is 4. The Morgan fingerprint density at radius 1 is 0.479 bits per heavy atom. The Balaban J connectivity index is 0.00000711. The van der Waals surface area contributed by atoms with Crippen LogP contribution < -0.4 is 14.5 Å². The summed E-state index contributed by atoms with van der Waals surface area (Å²) in [5.41, 5.74) is 13.6. The molecule has 0 bridgehead atoms. The molecule has 0 saturated heterocycles. The van der Waals surface area contributed by atoms with E-state index in [1.54, 1.807) is 0 Å². The van der Waals surface area contributed by atoms with Crippen LogP contribution in [0.5, 0.6) is 11.5 Å². The summed E-state index contributed by atoms with van der Waals surface area (Å²) in [6.07, 6.45) is 1.93. The Labute approximate surface area is 452 Å². The van der Waals surface area contributed by atoms with Crippen molar-refractivity contribution in [2.45, 2.75) is 139 Å². The molecule has 0 radical (unpaired) electrons. The van der Waals surface area contributed by atoms with Crippen LogP contribution in [0.3, 0.4) is 0 Å². The second kappa shape index (κ2) is 19.1. The van der Waals surface area contributed by atoms with Crippen LogP contribution in [0.1, 0.15) is 146 Å². The molecule has 1 aliphatic heterocycles. The van der Waals surface area contributed by atoms with Gasteiger partial charge in [0.25, 0.3) is 0 Å². The van der Waals surface area contributed by atoms with E-state index in [9.17, 15) is 0 Å². The molecule has 0 fully saturated rings. The summed E-state index contributed by atoms with van der Waals surface area (Å²) in [5.74, 6) is 2.11. The molecule has 0 aliphatic carbocycles. The quantitative estimate of drug-likeness (QED) is 0.142. The first-order chi connectivity index (χ1) is 33.6. The number of allylic oxidation sites excluding steroid dienone is 2. The number of para-hydroxylation sites is 1. The van der Waals surface area contributed by atoms with E-state index in [0.717, 1.165) is 44.6 Å². The van der Waals surface area contributed by atoms with Gasteiger partial charge in [-0.3, -0.25) is 0 Å². The van der Waals surface area contributed by atoms with Crippen LogP contribution in [0, 0.1) is 29.6 Å². The van der Waals surface area contributed by atoms with Gasteiger partial charge in [-0.25, -0.2) is 4.98 Å². The van der Waals surface area contributed by atoms with Gasteiger partial charge in [-0.05, 0) is 85.2 Å². The van der Waals surface area contributed by atoms with Crippen molar-refractivity contribution in [2.75, 3.05) is 9.80 Å². The van der Waals surface area contributed by atoms with E-state index in [1.165, 1.54) is 44.8 Å². The van der Waals surface area contributed by atoms with Gasteiger partial charge < -0.3 is 19.1 Å². The summed E-state index contributed by atoms with van der Waals surface area (Å²) in [7, 11) is 0. The van der Waals surface area contributed by atoms with Crippen LogP contribution in [0.2, 0.25) is 0 Å². The molecule has 0 spiro atoms. The zero-order chi connectivity index (χ0) is 51.9. The molecule has 9 rings (SSSR count). The maximum atomic E-state index is 7.29. The van der Waals surface area contributed by atoms with Gasteiger partial charge in [-0.2, -0.15) is 0 Å². The number of benzene rings is 6. The third kappa shape index (κ3) is 10.5. The van der Waals surface area contributed by atoms with Gasteiger partial charge in [-0.1, -0.05) is 214 Å². The molecule has 6 heteroatoms. The smallest absolute Gasteiger partial charge is 0.135 e. The van der Waals surface area contributed by atoms with Crippen LogP contribution in [0.25, 0.3) is 38.8 Å². The van der Waals surface area contributed by atoms with E-state index in [4.69, 9.17) is 9.72 Å². The Morgan fingerprint density at radius 2 is 1.07 bits per heavy atom. The van der Waals surface area contributed by atoms with Crippen molar-refractivity contribution in [1.29, 1.82) is 0 Å². The van der Waals surface area contributed by atoms with Gasteiger partial charge in [0.1, 0.15) is 5.82 Å². The van der Waals surface area contributed by atoms with Crippen LogP contribution >= 0.6 is 0 Å². The first-order valence-corrected chi connectivity index (χ1v) is 25.8. The average molecular weight is 1150 g/mol. The second-order valence-corrected chi connectivity index (χ2v) is 25.7. The third-order valence-corrected chi connectivity index (χ3v) is 14.4. The topological polar surface area (TPSA) is 33.5 Å². The molecule has 2 aromatic heterocycles. The van der Waals surface area contributed by atoms with Gasteiger partial charge in [0.05, 0.1) is 0 Å². The maximum absolute atomic E-state index is 7.29. The Bertz CT molecular complexity index is 3340. The van der Waals surface area contributed by atoms with E-state index >= 15 is 0 Å². The first-order valence-electron chi connectivity index (χ1n) is 25.8. The Hall–Kier alpha value is -5.90.